The zero-order valence-corrected chi connectivity index (χ0v) is 16.5. The van der Waals surface area contributed by atoms with E-state index < -0.39 is 0 Å². The van der Waals surface area contributed by atoms with E-state index in [1.165, 1.54) is 0 Å². The molecule has 0 bridgehead atoms. The third kappa shape index (κ3) is 4.62. The van der Waals surface area contributed by atoms with E-state index in [2.05, 4.69) is 25.2 Å². The van der Waals surface area contributed by atoms with Crippen LogP contribution in [0.1, 0.15) is 25.3 Å². The van der Waals surface area contributed by atoms with Gasteiger partial charge in [-0.05, 0) is 43.5 Å². The molecule has 7 heteroatoms. The Hall–Kier alpha value is -3.22. The second kappa shape index (κ2) is 8.86. The average molecular weight is 391 g/mol. The van der Waals surface area contributed by atoms with Crippen molar-refractivity contribution < 1.29 is 9.53 Å². The van der Waals surface area contributed by atoms with E-state index in [4.69, 9.17) is 4.74 Å². The van der Waals surface area contributed by atoms with Crippen LogP contribution in [0, 0.1) is 5.92 Å². The summed E-state index contributed by atoms with van der Waals surface area (Å²) in [5, 5.41) is 3.07. The molecule has 29 heavy (non-hydrogen) atoms. The maximum absolute atomic E-state index is 12.6. The lowest BCUT2D eigenvalue weighted by atomic mass is 9.95. The Morgan fingerprint density at radius 2 is 1.90 bits per heavy atom. The van der Waals surface area contributed by atoms with Gasteiger partial charge in [-0.15, -0.1) is 0 Å². The molecule has 0 saturated carbocycles. The highest BCUT2D eigenvalue weighted by Gasteiger charge is 2.25. The summed E-state index contributed by atoms with van der Waals surface area (Å²) in [7, 11) is 0. The molecule has 0 radical (unpaired) electrons. The quantitative estimate of drug-likeness (QED) is 0.696. The van der Waals surface area contributed by atoms with Gasteiger partial charge in [0.15, 0.2) is 5.65 Å². The van der Waals surface area contributed by atoms with E-state index in [1.54, 1.807) is 12.4 Å². The minimum atomic E-state index is 0.0437. The number of amides is 1. The normalized spacial score (nSPS) is 14.7. The number of ether oxygens (including phenoxy) is 1. The van der Waals surface area contributed by atoms with Gasteiger partial charge in [-0.1, -0.05) is 12.1 Å². The van der Waals surface area contributed by atoms with Crippen molar-refractivity contribution in [1.82, 2.24) is 20.3 Å². The number of anilines is 1. The predicted octanol–water partition coefficient (Wildman–Crippen LogP) is 2.96. The van der Waals surface area contributed by atoms with Crippen LogP contribution in [-0.2, 0) is 11.3 Å². The van der Waals surface area contributed by atoms with Crippen LogP contribution in [0.3, 0.4) is 0 Å². The Morgan fingerprint density at radius 1 is 1.14 bits per heavy atom. The summed E-state index contributed by atoms with van der Waals surface area (Å²) in [6.45, 7) is 4.81. The van der Waals surface area contributed by atoms with E-state index in [0.29, 0.717) is 18.8 Å². The molecule has 3 heterocycles. The number of carbonyl (C=O) groups is 1. The Balaban J connectivity index is 1.28. The molecule has 1 aromatic carbocycles. The number of carbonyl (C=O) groups excluding carboxylic acids is 1. The number of hydrogen-bond donors (Lipinski definition) is 1. The van der Waals surface area contributed by atoms with Crippen molar-refractivity contribution in [3.8, 4) is 5.75 Å². The van der Waals surface area contributed by atoms with Crippen molar-refractivity contribution in [3.05, 3.63) is 54.5 Å². The first-order chi connectivity index (χ1) is 14.2. The topological polar surface area (TPSA) is 80.2 Å². The van der Waals surface area contributed by atoms with Crippen molar-refractivity contribution in [2.24, 2.45) is 5.92 Å². The lowest BCUT2D eigenvalue weighted by Gasteiger charge is -2.32. The zero-order valence-electron chi connectivity index (χ0n) is 16.5. The Labute approximate surface area is 170 Å². The molecular formula is C22H25N5O2. The van der Waals surface area contributed by atoms with Crippen LogP contribution in [0.15, 0.2) is 48.9 Å². The third-order valence-corrected chi connectivity index (χ3v) is 5.24. The number of fused-ring (bicyclic) bond motifs is 1. The minimum absolute atomic E-state index is 0.0437. The summed E-state index contributed by atoms with van der Waals surface area (Å²) < 4.78 is 5.45. The maximum atomic E-state index is 12.6. The summed E-state index contributed by atoms with van der Waals surface area (Å²) in [6, 6.07) is 9.87. The van der Waals surface area contributed by atoms with Crippen molar-refractivity contribution in [1.29, 1.82) is 0 Å². The highest BCUT2D eigenvalue weighted by atomic mass is 16.5. The Kier molecular flexibility index (Phi) is 5.84. The summed E-state index contributed by atoms with van der Waals surface area (Å²) in [4.78, 5) is 27.8. The molecule has 1 aliphatic heterocycles. The van der Waals surface area contributed by atoms with Gasteiger partial charge in [-0.25, -0.2) is 9.97 Å². The standard InChI is InChI=1S/C22H25N5O2/c1-2-29-19-5-3-16(4-6-19)14-26-22(28)17-7-11-27(12-8-17)18-13-20-21(25-15-18)24-10-9-23-20/h3-6,9-10,13,15,17H,2,7-8,11-12,14H2,1H3,(H,26,28). The first-order valence-electron chi connectivity index (χ1n) is 10.0. The lowest BCUT2D eigenvalue weighted by molar-refractivity contribution is -0.125. The van der Waals surface area contributed by atoms with Crippen LogP contribution in [-0.4, -0.2) is 40.6 Å². The number of aromatic nitrogens is 3. The van der Waals surface area contributed by atoms with Gasteiger partial charge in [-0.2, -0.15) is 0 Å². The maximum Gasteiger partial charge on any atom is 0.223 e. The van der Waals surface area contributed by atoms with Crippen LogP contribution in [0.4, 0.5) is 5.69 Å². The van der Waals surface area contributed by atoms with E-state index in [1.807, 2.05) is 43.5 Å². The van der Waals surface area contributed by atoms with Crippen molar-refractivity contribution in [3.63, 3.8) is 0 Å². The monoisotopic (exact) mass is 391 g/mol. The van der Waals surface area contributed by atoms with E-state index in [9.17, 15) is 4.79 Å². The number of rotatable bonds is 6. The number of nitrogens with one attached hydrogen (secondary N) is 1. The van der Waals surface area contributed by atoms with Gasteiger partial charge in [0.1, 0.15) is 11.3 Å². The van der Waals surface area contributed by atoms with E-state index in [-0.39, 0.29) is 11.8 Å². The number of benzene rings is 1. The largest absolute Gasteiger partial charge is 0.494 e. The van der Waals surface area contributed by atoms with Gasteiger partial charge >= 0.3 is 0 Å². The fraction of sp³-hybridized carbons (Fsp3) is 0.364. The van der Waals surface area contributed by atoms with Gasteiger partial charge in [0.2, 0.25) is 5.91 Å². The highest BCUT2D eigenvalue weighted by molar-refractivity contribution is 5.79. The first-order valence-corrected chi connectivity index (χ1v) is 10.0. The molecule has 2 aromatic heterocycles. The smallest absolute Gasteiger partial charge is 0.223 e. The molecule has 0 aliphatic carbocycles. The SMILES string of the molecule is CCOc1ccc(CNC(=O)C2CCN(c3cnc4nccnc4c3)CC2)cc1. The Morgan fingerprint density at radius 3 is 2.66 bits per heavy atom. The van der Waals surface area contributed by atoms with Gasteiger partial charge in [0.05, 0.1) is 18.5 Å². The van der Waals surface area contributed by atoms with Crippen molar-refractivity contribution in [2.75, 3.05) is 24.6 Å². The fourth-order valence-electron chi connectivity index (χ4n) is 3.62. The molecule has 7 nitrogen and oxygen atoms in total. The summed E-state index contributed by atoms with van der Waals surface area (Å²) in [5.74, 6) is 1.02. The average Bonchev–Trinajstić information content (AvgIpc) is 2.78. The molecular weight excluding hydrogens is 366 g/mol. The van der Waals surface area contributed by atoms with Gasteiger partial charge in [0.25, 0.3) is 0 Å². The lowest BCUT2D eigenvalue weighted by Crippen LogP contribution is -2.40. The summed E-state index contributed by atoms with van der Waals surface area (Å²) in [6.07, 6.45) is 6.81. The van der Waals surface area contributed by atoms with Crippen molar-refractivity contribution in [2.45, 2.75) is 26.3 Å². The number of nitrogens with zero attached hydrogens (tertiary/aromatic N) is 4. The molecule has 0 unspecified atom stereocenters. The molecule has 1 amide bonds. The minimum Gasteiger partial charge on any atom is -0.494 e. The molecule has 4 rings (SSSR count). The first kappa shape index (κ1) is 19.1. The number of hydrogen-bond acceptors (Lipinski definition) is 6. The van der Waals surface area contributed by atoms with Crippen molar-refractivity contribution >= 4 is 22.8 Å². The number of pyridine rings is 1. The molecule has 0 atom stereocenters. The van der Waals surface area contributed by atoms with E-state index >= 15 is 0 Å². The van der Waals surface area contributed by atoms with Crippen LogP contribution in [0.2, 0.25) is 0 Å². The molecule has 1 fully saturated rings. The third-order valence-electron chi connectivity index (χ3n) is 5.24. The van der Waals surface area contributed by atoms with Crippen LogP contribution in [0.25, 0.3) is 11.2 Å². The van der Waals surface area contributed by atoms with Crippen LogP contribution >= 0.6 is 0 Å². The molecule has 3 aromatic rings. The van der Waals surface area contributed by atoms with Gasteiger partial charge in [-0.3, -0.25) is 9.78 Å². The predicted molar refractivity (Wildman–Crippen MR) is 112 cm³/mol. The van der Waals surface area contributed by atoms with Gasteiger partial charge < -0.3 is 15.0 Å². The highest BCUT2D eigenvalue weighted by Crippen LogP contribution is 2.24. The summed E-state index contributed by atoms with van der Waals surface area (Å²) >= 11 is 0. The molecule has 1 aliphatic rings. The van der Waals surface area contributed by atoms with Crippen LogP contribution in [0.5, 0.6) is 5.75 Å². The molecule has 1 N–H and O–H groups in total. The molecule has 0 spiro atoms. The van der Waals surface area contributed by atoms with Crippen LogP contribution < -0.4 is 15.0 Å². The molecule has 1 saturated heterocycles. The summed E-state index contributed by atoms with van der Waals surface area (Å²) in [5.41, 5.74) is 3.55. The fourth-order valence-corrected chi connectivity index (χ4v) is 3.62. The Bertz CT molecular complexity index is 968. The van der Waals surface area contributed by atoms with E-state index in [0.717, 1.165) is 48.4 Å². The number of piperidine rings is 1. The second-order valence-electron chi connectivity index (χ2n) is 7.15. The zero-order chi connectivity index (χ0) is 20.1. The molecule has 150 valence electrons. The van der Waals surface area contributed by atoms with Gasteiger partial charge in [0, 0.05) is 37.9 Å². The second-order valence-corrected chi connectivity index (χ2v) is 7.15.